The maximum Gasteiger partial charge on any atom is 0.234 e. The number of anilines is 1. The lowest BCUT2D eigenvalue weighted by Crippen LogP contribution is -2.14. The summed E-state index contributed by atoms with van der Waals surface area (Å²) in [5.41, 5.74) is 5.37. The minimum absolute atomic E-state index is 0.0704. The van der Waals surface area contributed by atoms with Crippen LogP contribution in [0.4, 0.5) is 5.69 Å². The number of carbonyl (C=O) groups is 1. The fourth-order valence-corrected chi connectivity index (χ4v) is 5.01. The maximum absolute atomic E-state index is 12.7. The van der Waals surface area contributed by atoms with Crippen molar-refractivity contribution in [2.75, 3.05) is 11.1 Å². The number of rotatable bonds is 6. The maximum atomic E-state index is 12.7. The number of amides is 1. The lowest BCUT2D eigenvalue weighted by atomic mass is 10.1. The van der Waals surface area contributed by atoms with Gasteiger partial charge >= 0.3 is 0 Å². The molecule has 0 aliphatic rings. The summed E-state index contributed by atoms with van der Waals surface area (Å²) < 4.78 is 4.23. The molecule has 7 heteroatoms. The molecular weight excluding hydrogens is 430 g/mol. The molecule has 1 N–H and O–H groups in total. The Balaban J connectivity index is 1.32. The Morgan fingerprint density at radius 1 is 0.970 bits per heavy atom. The predicted molar refractivity (Wildman–Crippen MR) is 136 cm³/mol. The van der Waals surface area contributed by atoms with Crippen molar-refractivity contribution in [3.63, 3.8) is 0 Å². The fraction of sp³-hybridized carbons (Fsp3) is 0.192. The first-order valence-corrected chi connectivity index (χ1v) is 11.9. The number of hydrogen-bond acceptors (Lipinski definition) is 4. The molecule has 0 aliphatic carbocycles. The van der Waals surface area contributed by atoms with Gasteiger partial charge in [-0.3, -0.25) is 4.79 Å². The normalized spacial score (nSPS) is 11.4. The van der Waals surface area contributed by atoms with Crippen molar-refractivity contribution >= 4 is 45.2 Å². The second kappa shape index (κ2) is 8.75. The van der Waals surface area contributed by atoms with Gasteiger partial charge in [-0.15, -0.1) is 10.2 Å². The molecule has 0 spiro atoms. The third kappa shape index (κ3) is 3.89. The number of benzene rings is 3. The van der Waals surface area contributed by atoms with Gasteiger partial charge in [0.2, 0.25) is 5.91 Å². The summed E-state index contributed by atoms with van der Waals surface area (Å²) >= 11 is 1.38. The van der Waals surface area contributed by atoms with Crippen molar-refractivity contribution in [1.29, 1.82) is 0 Å². The van der Waals surface area contributed by atoms with E-state index >= 15 is 0 Å². The molecule has 166 valence electrons. The summed E-state index contributed by atoms with van der Waals surface area (Å²) in [6.45, 7) is 5.10. The smallest absolute Gasteiger partial charge is 0.234 e. The van der Waals surface area contributed by atoms with Gasteiger partial charge in [0, 0.05) is 46.6 Å². The summed E-state index contributed by atoms with van der Waals surface area (Å²) in [7, 11) is 1.93. The topological polar surface area (TPSA) is 64.7 Å². The Morgan fingerprint density at radius 2 is 1.73 bits per heavy atom. The zero-order valence-corrected chi connectivity index (χ0v) is 19.7. The van der Waals surface area contributed by atoms with Crippen LogP contribution >= 0.6 is 11.8 Å². The number of para-hydroxylation sites is 1. The second-order valence-electron chi connectivity index (χ2n) is 8.01. The number of nitrogens with one attached hydrogen (secondary N) is 1. The van der Waals surface area contributed by atoms with E-state index in [9.17, 15) is 4.79 Å². The molecular formula is C26H25N5OS. The summed E-state index contributed by atoms with van der Waals surface area (Å²) in [6.07, 6.45) is 0. The van der Waals surface area contributed by atoms with Crippen LogP contribution in [0.15, 0.2) is 71.9 Å². The van der Waals surface area contributed by atoms with Gasteiger partial charge in [-0.1, -0.05) is 54.2 Å². The molecule has 1 amide bonds. The van der Waals surface area contributed by atoms with E-state index in [1.807, 2.05) is 35.9 Å². The van der Waals surface area contributed by atoms with Crippen molar-refractivity contribution in [3.8, 4) is 11.4 Å². The average molecular weight is 456 g/mol. The SMILES string of the molecule is CCn1c2ccccc2c2cc(NC(=O)CSc3nnc(-c4ccccc4C)n3C)ccc21. The van der Waals surface area contributed by atoms with Crippen LogP contribution in [0.1, 0.15) is 12.5 Å². The molecule has 33 heavy (non-hydrogen) atoms. The van der Waals surface area contributed by atoms with Crippen molar-refractivity contribution in [3.05, 3.63) is 72.3 Å². The van der Waals surface area contributed by atoms with E-state index < -0.39 is 0 Å². The van der Waals surface area contributed by atoms with Gasteiger partial charge in [-0.2, -0.15) is 0 Å². The van der Waals surface area contributed by atoms with Gasteiger partial charge in [-0.25, -0.2) is 0 Å². The molecule has 3 aromatic carbocycles. The lowest BCUT2D eigenvalue weighted by Gasteiger charge is -2.08. The monoisotopic (exact) mass is 455 g/mol. The molecule has 2 aromatic heterocycles. The van der Waals surface area contributed by atoms with Gasteiger partial charge in [0.25, 0.3) is 0 Å². The number of hydrogen-bond donors (Lipinski definition) is 1. The van der Waals surface area contributed by atoms with Crippen LogP contribution < -0.4 is 5.32 Å². The van der Waals surface area contributed by atoms with Gasteiger partial charge in [0.05, 0.1) is 5.75 Å². The standard InChI is InChI=1S/C26H25N5OS/c1-4-31-22-12-8-7-11-20(22)21-15-18(13-14-23(21)31)27-24(32)16-33-26-29-28-25(30(26)3)19-10-6-5-9-17(19)2/h5-15H,4,16H2,1-3H3,(H,27,32). The quantitative estimate of drug-likeness (QED) is 0.336. The van der Waals surface area contributed by atoms with E-state index in [0.29, 0.717) is 5.16 Å². The van der Waals surface area contributed by atoms with E-state index in [0.717, 1.165) is 34.6 Å². The minimum atomic E-state index is -0.0704. The van der Waals surface area contributed by atoms with Crippen LogP contribution in [0, 0.1) is 6.92 Å². The Hall–Kier alpha value is -3.58. The van der Waals surface area contributed by atoms with E-state index in [1.54, 1.807) is 0 Å². The zero-order valence-electron chi connectivity index (χ0n) is 18.9. The molecule has 0 bridgehead atoms. The largest absolute Gasteiger partial charge is 0.341 e. The van der Waals surface area contributed by atoms with Crippen LogP contribution in [-0.4, -0.2) is 31.0 Å². The molecule has 0 atom stereocenters. The average Bonchev–Trinajstić information content (AvgIpc) is 3.35. The first kappa shape index (κ1) is 21.3. The van der Waals surface area contributed by atoms with Crippen molar-refractivity contribution in [2.24, 2.45) is 7.05 Å². The van der Waals surface area contributed by atoms with Gasteiger partial charge in [-0.05, 0) is 43.7 Å². The molecule has 0 aliphatic heterocycles. The van der Waals surface area contributed by atoms with E-state index in [4.69, 9.17) is 0 Å². The van der Waals surface area contributed by atoms with E-state index in [2.05, 4.69) is 76.4 Å². The number of aromatic nitrogens is 4. The van der Waals surface area contributed by atoms with Gasteiger partial charge in [0.15, 0.2) is 11.0 Å². The third-order valence-corrected chi connectivity index (χ3v) is 6.95. The molecule has 5 rings (SSSR count). The molecule has 5 aromatic rings. The van der Waals surface area contributed by atoms with Crippen LogP contribution in [0.2, 0.25) is 0 Å². The number of thioether (sulfide) groups is 1. The zero-order chi connectivity index (χ0) is 22.9. The first-order valence-electron chi connectivity index (χ1n) is 11.0. The van der Waals surface area contributed by atoms with E-state index in [1.165, 1.54) is 28.2 Å². The molecule has 2 heterocycles. The lowest BCUT2D eigenvalue weighted by molar-refractivity contribution is -0.113. The van der Waals surface area contributed by atoms with Crippen molar-refractivity contribution in [2.45, 2.75) is 25.5 Å². The first-order chi connectivity index (χ1) is 16.1. The molecule has 6 nitrogen and oxygen atoms in total. The molecule has 0 radical (unpaired) electrons. The van der Waals surface area contributed by atoms with Crippen molar-refractivity contribution < 1.29 is 4.79 Å². The highest BCUT2D eigenvalue weighted by molar-refractivity contribution is 7.99. The minimum Gasteiger partial charge on any atom is -0.341 e. The van der Waals surface area contributed by atoms with Crippen molar-refractivity contribution in [1.82, 2.24) is 19.3 Å². The Kier molecular flexibility index (Phi) is 5.64. The molecule has 0 unspecified atom stereocenters. The highest BCUT2D eigenvalue weighted by Crippen LogP contribution is 2.31. The van der Waals surface area contributed by atoms with Crippen LogP contribution in [0.25, 0.3) is 33.2 Å². The highest BCUT2D eigenvalue weighted by Gasteiger charge is 2.15. The van der Waals surface area contributed by atoms with Crippen LogP contribution in [0.5, 0.6) is 0 Å². The summed E-state index contributed by atoms with van der Waals surface area (Å²) in [6, 6.07) is 22.6. The molecule has 0 saturated heterocycles. The molecule has 0 fully saturated rings. The number of fused-ring (bicyclic) bond motifs is 3. The second-order valence-corrected chi connectivity index (χ2v) is 8.95. The number of carbonyl (C=O) groups excluding carboxylic acids is 1. The summed E-state index contributed by atoms with van der Waals surface area (Å²) in [5, 5.41) is 14.7. The molecule has 0 saturated carbocycles. The predicted octanol–water partition coefficient (Wildman–Crippen LogP) is 5.65. The summed E-state index contributed by atoms with van der Waals surface area (Å²) in [4.78, 5) is 12.7. The van der Waals surface area contributed by atoms with E-state index in [-0.39, 0.29) is 11.7 Å². The summed E-state index contributed by atoms with van der Waals surface area (Å²) in [5.74, 6) is 0.988. The van der Waals surface area contributed by atoms with Gasteiger partial charge < -0.3 is 14.5 Å². The third-order valence-electron chi connectivity index (χ3n) is 5.93. The fourth-order valence-electron chi connectivity index (χ4n) is 4.30. The van der Waals surface area contributed by atoms with Crippen LogP contribution in [0.3, 0.4) is 0 Å². The Morgan fingerprint density at radius 3 is 2.55 bits per heavy atom. The number of aryl methyl sites for hydroxylation is 2. The Bertz CT molecular complexity index is 1480. The Labute approximate surface area is 196 Å². The number of nitrogens with zero attached hydrogens (tertiary/aromatic N) is 4. The highest BCUT2D eigenvalue weighted by atomic mass is 32.2. The van der Waals surface area contributed by atoms with Gasteiger partial charge in [0.1, 0.15) is 0 Å². The van der Waals surface area contributed by atoms with Crippen LogP contribution in [-0.2, 0) is 18.4 Å².